The summed E-state index contributed by atoms with van der Waals surface area (Å²) >= 11 is 0. The first-order valence-electron chi connectivity index (χ1n) is 7.25. The summed E-state index contributed by atoms with van der Waals surface area (Å²) in [5.41, 5.74) is 1.14. The quantitative estimate of drug-likeness (QED) is 0.813. The van der Waals surface area contributed by atoms with Crippen LogP contribution in [0.15, 0.2) is 36.4 Å². The third-order valence-electron chi connectivity index (χ3n) is 3.98. The van der Waals surface area contributed by atoms with Crippen LogP contribution in [0.5, 0.6) is 0 Å². The van der Waals surface area contributed by atoms with Crippen molar-refractivity contribution >= 4 is 11.5 Å². The summed E-state index contributed by atoms with van der Waals surface area (Å²) in [5.74, 6) is 3.74. The summed E-state index contributed by atoms with van der Waals surface area (Å²) in [6, 6.07) is 11.9. The van der Waals surface area contributed by atoms with Crippen LogP contribution in [-0.2, 0) is 6.18 Å². The van der Waals surface area contributed by atoms with Gasteiger partial charge in [0.15, 0.2) is 5.82 Å². The Kier molecular flexibility index (Phi) is 2.98. The molecule has 3 aliphatic heterocycles. The van der Waals surface area contributed by atoms with E-state index in [0.29, 0.717) is 17.1 Å². The molecular weight excluding hydrogens is 303 g/mol. The van der Waals surface area contributed by atoms with E-state index in [2.05, 4.69) is 22.3 Å². The molecule has 0 aliphatic carbocycles. The predicted octanol–water partition coefficient (Wildman–Crippen LogP) is 3.73. The second-order valence-corrected chi connectivity index (χ2v) is 5.54. The highest BCUT2D eigenvalue weighted by molar-refractivity contribution is 5.76. The highest BCUT2D eigenvalue weighted by atomic mass is 19.4. The van der Waals surface area contributed by atoms with Crippen LogP contribution >= 0.6 is 0 Å². The van der Waals surface area contributed by atoms with Crippen molar-refractivity contribution in [2.75, 3.05) is 16.8 Å². The zero-order valence-electron chi connectivity index (χ0n) is 12.0. The van der Waals surface area contributed by atoms with Gasteiger partial charge in [-0.3, -0.25) is 4.90 Å². The molecule has 5 rings (SSSR count). The maximum absolute atomic E-state index is 12.9. The largest absolute Gasteiger partial charge is 0.416 e. The fourth-order valence-electron chi connectivity index (χ4n) is 2.79. The van der Waals surface area contributed by atoms with Crippen molar-refractivity contribution in [2.24, 2.45) is 0 Å². The van der Waals surface area contributed by atoms with Crippen molar-refractivity contribution < 1.29 is 13.2 Å². The molecule has 0 saturated carbocycles. The van der Waals surface area contributed by atoms with E-state index in [-0.39, 0.29) is 6.04 Å². The number of anilines is 2. The molecule has 1 aromatic heterocycles. The summed E-state index contributed by atoms with van der Waals surface area (Å²) < 4.78 is 38.6. The normalized spacial score (nSPS) is 18.6. The van der Waals surface area contributed by atoms with Gasteiger partial charge in [-0.05, 0) is 30.7 Å². The van der Waals surface area contributed by atoms with E-state index in [9.17, 15) is 13.2 Å². The van der Waals surface area contributed by atoms with Crippen LogP contribution in [-0.4, -0.2) is 17.6 Å². The molecule has 1 aromatic carbocycles. The van der Waals surface area contributed by atoms with Crippen LogP contribution in [0.1, 0.15) is 12.0 Å². The Hall–Kier alpha value is -2.68. The SMILES string of the molecule is FC(F)(F)c1cccc(-c2ccc3c(n2)N[C@@H]2C#CN3CC2)c1. The molecule has 0 spiro atoms. The smallest absolute Gasteiger partial charge is 0.355 e. The minimum Gasteiger partial charge on any atom is -0.355 e. The first-order chi connectivity index (χ1) is 11.0. The highest BCUT2D eigenvalue weighted by Gasteiger charge is 2.30. The van der Waals surface area contributed by atoms with E-state index < -0.39 is 11.7 Å². The number of rotatable bonds is 1. The van der Waals surface area contributed by atoms with Crippen LogP contribution in [0.25, 0.3) is 11.3 Å². The minimum atomic E-state index is -4.36. The summed E-state index contributed by atoms with van der Waals surface area (Å²) in [5, 5.41) is 3.26. The maximum Gasteiger partial charge on any atom is 0.416 e. The highest BCUT2D eigenvalue weighted by Crippen LogP contribution is 2.35. The molecule has 4 heterocycles. The Morgan fingerprint density at radius 2 is 2.09 bits per heavy atom. The minimum absolute atomic E-state index is 0.0387. The van der Waals surface area contributed by atoms with E-state index in [0.717, 1.165) is 30.8 Å². The number of halogens is 3. The molecule has 1 N–H and O–H groups in total. The van der Waals surface area contributed by atoms with Gasteiger partial charge in [0.1, 0.15) is 0 Å². The molecule has 116 valence electrons. The van der Waals surface area contributed by atoms with E-state index >= 15 is 0 Å². The first kappa shape index (κ1) is 13.9. The fourth-order valence-corrected chi connectivity index (χ4v) is 2.79. The number of fused-ring (bicyclic) bond motifs is 1. The summed E-state index contributed by atoms with van der Waals surface area (Å²) in [6.07, 6.45) is -3.47. The number of alkyl halides is 3. The van der Waals surface area contributed by atoms with Gasteiger partial charge in [0, 0.05) is 18.2 Å². The molecular formula is C17H12F3N3. The zero-order chi connectivity index (χ0) is 16.0. The van der Waals surface area contributed by atoms with E-state index in [1.54, 1.807) is 12.1 Å². The third kappa shape index (κ3) is 2.48. The molecule has 3 aliphatic rings. The number of nitrogens with zero attached hydrogens (tertiary/aromatic N) is 2. The molecule has 1 atom stereocenters. The van der Waals surface area contributed by atoms with Crippen molar-refractivity contribution in [1.29, 1.82) is 0 Å². The Morgan fingerprint density at radius 1 is 1.22 bits per heavy atom. The Morgan fingerprint density at radius 3 is 2.83 bits per heavy atom. The average molecular weight is 315 g/mol. The lowest BCUT2D eigenvalue weighted by molar-refractivity contribution is -0.137. The van der Waals surface area contributed by atoms with Crippen LogP contribution < -0.4 is 10.2 Å². The Labute approximate surface area is 131 Å². The van der Waals surface area contributed by atoms with Crippen molar-refractivity contribution in [3.63, 3.8) is 0 Å². The lowest BCUT2D eigenvalue weighted by Crippen LogP contribution is -2.26. The lowest BCUT2D eigenvalue weighted by atomic mass is 10.1. The van der Waals surface area contributed by atoms with E-state index in [1.165, 1.54) is 6.07 Å². The van der Waals surface area contributed by atoms with Crippen LogP contribution in [0.2, 0.25) is 0 Å². The fraction of sp³-hybridized carbons (Fsp3) is 0.235. The summed E-state index contributed by atoms with van der Waals surface area (Å²) in [4.78, 5) is 6.43. The Bertz CT molecular complexity index is 833. The van der Waals surface area contributed by atoms with Gasteiger partial charge in [-0.2, -0.15) is 13.2 Å². The third-order valence-corrected chi connectivity index (χ3v) is 3.98. The molecule has 2 aromatic rings. The summed E-state index contributed by atoms with van der Waals surface area (Å²) in [7, 11) is 0. The molecule has 0 saturated heterocycles. The van der Waals surface area contributed by atoms with Crippen molar-refractivity contribution in [3.05, 3.63) is 42.0 Å². The number of benzene rings is 1. The molecule has 0 radical (unpaired) electrons. The van der Waals surface area contributed by atoms with Gasteiger partial charge < -0.3 is 5.32 Å². The molecule has 0 unspecified atom stereocenters. The molecule has 23 heavy (non-hydrogen) atoms. The number of hydrogen-bond acceptors (Lipinski definition) is 3. The van der Waals surface area contributed by atoms with Gasteiger partial charge in [0.05, 0.1) is 23.0 Å². The van der Waals surface area contributed by atoms with Gasteiger partial charge >= 0.3 is 6.18 Å². The predicted molar refractivity (Wildman–Crippen MR) is 81.8 cm³/mol. The first-order valence-corrected chi connectivity index (χ1v) is 7.25. The second-order valence-electron chi connectivity index (χ2n) is 5.54. The zero-order valence-corrected chi connectivity index (χ0v) is 12.0. The topological polar surface area (TPSA) is 28.2 Å². The average Bonchev–Trinajstić information content (AvgIpc) is 2.82. The Balaban J connectivity index is 1.75. The van der Waals surface area contributed by atoms with Gasteiger partial charge in [0.25, 0.3) is 0 Å². The molecule has 0 fully saturated rings. The standard InChI is InChI=1S/C17H12F3N3/c18-17(19,20)12-3-1-2-11(10-12)14-4-5-15-16(22-14)21-13-6-8-23(15)9-7-13/h1-5,10,13H,6,8H2,(H,21,22)/t13-/m0/s1. The number of aromatic nitrogens is 1. The lowest BCUT2D eigenvalue weighted by Gasteiger charge is -2.18. The van der Waals surface area contributed by atoms with Gasteiger partial charge in [-0.15, -0.1) is 0 Å². The van der Waals surface area contributed by atoms with Gasteiger partial charge in [0.2, 0.25) is 0 Å². The summed E-state index contributed by atoms with van der Waals surface area (Å²) in [6.45, 7) is 0.822. The van der Waals surface area contributed by atoms with E-state index in [1.807, 2.05) is 11.0 Å². The van der Waals surface area contributed by atoms with Crippen LogP contribution in [0, 0.1) is 12.0 Å². The van der Waals surface area contributed by atoms with Gasteiger partial charge in [-0.1, -0.05) is 18.1 Å². The van der Waals surface area contributed by atoms with Gasteiger partial charge in [-0.25, -0.2) is 4.98 Å². The monoisotopic (exact) mass is 315 g/mol. The van der Waals surface area contributed by atoms with Crippen molar-refractivity contribution in [3.8, 4) is 23.2 Å². The van der Waals surface area contributed by atoms with Crippen molar-refractivity contribution in [1.82, 2.24) is 4.98 Å². The van der Waals surface area contributed by atoms with Crippen molar-refractivity contribution in [2.45, 2.75) is 18.6 Å². The van der Waals surface area contributed by atoms with Crippen LogP contribution in [0.3, 0.4) is 0 Å². The number of nitrogens with one attached hydrogen (secondary N) is 1. The van der Waals surface area contributed by atoms with Crippen LogP contribution in [0.4, 0.5) is 24.7 Å². The molecule has 0 amide bonds. The second kappa shape index (κ2) is 4.92. The number of hydrogen-bond donors (Lipinski definition) is 1. The van der Waals surface area contributed by atoms with E-state index in [4.69, 9.17) is 0 Å². The molecule has 6 heteroatoms. The molecule has 2 bridgehead atoms. The maximum atomic E-state index is 12.9. The molecule has 3 nitrogen and oxygen atoms in total. The number of pyridine rings is 1.